The van der Waals surface area contributed by atoms with E-state index in [9.17, 15) is 9.59 Å². The molecule has 1 atom stereocenters. The number of Topliss-reactive ketones (excluding diaryl/α,β-unsaturated/α-hetero) is 1. The Morgan fingerprint density at radius 1 is 0.882 bits per heavy atom. The number of esters is 1. The van der Waals surface area contributed by atoms with Crippen molar-refractivity contribution < 1.29 is 33.3 Å². The molecule has 7 nitrogen and oxygen atoms in total. The van der Waals surface area contributed by atoms with E-state index in [2.05, 4.69) is 0 Å². The van der Waals surface area contributed by atoms with E-state index in [-0.39, 0.29) is 29.9 Å². The van der Waals surface area contributed by atoms with Gasteiger partial charge in [-0.25, -0.2) is 0 Å². The summed E-state index contributed by atoms with van der Waals surface area (Å²) in [5.41, 5.74) is 2.79. The van der Waals surface area contributed by atoms with Crippen molar-refractivity contribution in [1.29, 1.82) is 0 Å². The minimum Gasteiger partial charge on any atom is -0.497 e. The number of hydrogen-bond acceptors (Lipinski definition) is 7. The fraction of sp³-hybridized carbons (Fsp3) is 0.185. The summed E-state index contributed by atoms with van der Waals surface area (Å²) in [5, 5.41) is 0. The zero-order valence-electron chi connectivity index (χ0n) is 18.3. The average Bonchev–Trinajstić information content (AvgIpc) is 3.18. The van der Waals surface area contributed by atoms with Crippen molar-refractivity contribution in [2.24, 2.45) is 0 Å². The summed E-state index contributed by atoms with van der Waals surface area (Å²) in [7, 11) is 1.60. The minimum absolute atomic E-state index is 0.123. The Morgan fingerprint density at radius 2 is 1.65 bits per heavy atom. The minimum atomic E-state index is -0.352. The fourth-order valence-corrected chi connectivity index (χ4v) is 4.52. The van der Waals surface area contributed by atoms with Crippen molar-refractivity contribution in [3.8, 4) is 28.7 Å². The highest BCUT2D eigenvalue weighted by molar-refractivity contribution is 6.15. The van der Waals surface area contributed by atoms with Gasteiger partial charge in [-0.2, -0.15) is 0 Å². The lowest BCUT2D eigenvalue weighted by atomic mass is 9.84. The lowest BCUT2D eigenvalue weighted by Gasteiger charge is -2.27. The van der Waals surface area contributed by atoms with Crippen molar-refractivity contribution in [2.45, 2.75) is 12.3 Å². The van der Waals surface area contributed by atoms with Gasteiger partial charge in [0.25, 0.3) is 0 Å². The molecule has 0 saturated carbocycles. The zero-order valence-corrected chi connectivity index (χ0v) is 18.3. The Hall–Kier alpha value is -4.26. The van der Waals surface area contributed by atoms with Crippen molar-refractivity contribution in [3.05, 3.63) is 82.6 Å². The summed E-state index contributed by atoms with van der Waals surface area (Å²) >= 11 is 0. The van der Waals surface area contributed by atoms with E-state index < -0.39 is 0 Å². The van der Waals surface area contributed by atoms with Crippen molar-refractivity contribution >= 4 is 17.8 Å². The topological polar surface area (TPSA) is 80.3 Å². The van der Waals surface area contributed by atoms with E-state index in [0.717, 1.165) is 16.9 Å². The molecule has 0 aromatic heterocycles. The van der Waals surface area contributed by atoms with Gasteiger partial charge in [0.15, 0.2) is 17.3 Å². The number of benzene rings is 3. The molecule has 0 aliphatic carbocycles. The molecule has 0 spiro atoms. The summed E-state index contributed by atoms with van der Waals surface area (Å²) in [5.74, 6) is 2.15. The molecule has 0 N–H and O–H groups in total. The SMILES string of the molecule is COc1ccc(/C=C2/Oc3c(ccc4c3C(c3ccc5c(c3)OCCO5)CC(=O)O4)C2=O)cc1. The monoisotopic (exact) mass is 456 g/mol. The maximum atomic E-state index is 13.1. The third-order valence-corrected chi connectivity index (χ3v) is 6.16. The first-order valence-corrected chi connectivity index (χ1v) is 11.0. The summed E-state index contributed by atoms with van der Waals surface area (Å²) in [6.07, 6.45) is 1.82. The predicted molar refractivity (Wildman–Crippen MR) is 122 cm³/mol. The van der Waals surface area contributed by atoms with Crippen molar-refractivity contribution in [2.75, 3.05) is 20.3 Å². The van der Waals surface area contributed by atoms with Crippen LogP contribution in [0, 0.1) is 0 Å². The Morgan fingerprint density at radius 3 is 2.44 bits per heavy atom. The summed E-state index contributed by atoms with van der Waals surface area (Å²) in [6.45, 7) is 0.962. The van der Waals surface area contributed by atoms with Crippen LogP contribution in [0.3, 0.4) is 0 Å². The first-order chi connectivity index (χ1) is 16.6. The third-order valence-electron chi connectivity index (χ3n) is 6.16. The molecule has 3 aliphatic rings. The van der Waals surface area contributed by atoms with Crippen LogP contribution in [-0.2, 0) is 4.79 Å². The maximum absolute atomic E-state index is 13.1. The molecular formula is C27H20O7. The van der Waals surface area contributed by atoms with E-state index in [4.69, 9.17) is 23.7 Å². The highest BCUT2D eigenvalue weighted by Gasteiger charge is 2.38. The summed E-state index contributed by atoms with van der Waals surface area (Å²) < 4.78 is 28.2. The quantitative estimate of drug-likeness (QED) is 0.326. The molecule has 0 fully saturated rings. The maximum Gasteiger partial charge on any atom is 0.312 e. The smallest absolute Gasteiger partial charge is 0.312 e. The number of methoxy groups -OCH3 is 1. The molecular weight excluding hydrogens is 436 g/mol. The lowest BCUT2D eigenvalue weighted by molar-refractivity contribution is -0.135. The van der Waals surface area contributed by atoms with Crippen LogP contribution in [0.2, 0.25) is 0 Å². The second-order valence-electron chi connectivity index (χ2n) is 8.20. The van der Waals surface area contributed by atoms with Gasteiger partial charge >= 0.3 is 5.97 Å². The van der Waals surface area contributed by atoms with Gasteiger partial charge in [0.1, 0.15) is 30.5 Å². The molecule has 0 saturated heterocycles. The number of ketones is 1. The standard InChI is InChI=1S/C27H20O7/c1-30-17-5-2-15(3-6-17)12-23-26(29)18-7-9-21-25(27(18)34-23)19(14-24(28)33-21)16-4-8-20-22(13-16)32-11-10-31-20/h2-9,12-13,19H,10-11,14H2,1H3/b23-12+. The predicted octanol–water partition coefficient (Wildman–Crippen LogP) is 4.52. The first-order valence-electron chi connectivity index (χ1n) is 11.0. The molecule has 3 heterocycles. The Kier molecular flexibility index (Phi) is 4.76. The number of hydrogen-bond donors (Lipinski definition) is 0. The molecule has 0 amide bonds. The Bertz CT molecular complexity index is 1350. The number of carbonyl (C=O) groups excluding carboxylic acids is 2. The highest BCUT2D eigenvalue weighted by Crippen LogP contribution is 2.50. The van der Waals surface area contributed by atoms with E-state index in [1.807, 2.05) is 42.5 Å². The second-order valence-corrected chi connectivity index (χ2v) is 8.20. The van der Waals surface area contributed by atoms with Gasteiger partial charge in [0.05, 0.1) is 19.1 Å². The lowest BCUT2D eigenvalue weighted by Crippen LogP contribution is -2.22. The molecule has 34 heavy (non-hydrogen) atoms. The molecule has 6 rings (SSSR count). The van der Waals surface area contributed by atoms with Gasteiger partial charge in [-0.05, 0) is 53.6 Å². The highest BCUT2D eigenvalue weighted by atomic mass is 16.6. The average molecular weight is 456 g/mol. The Balaban J connectivity index is 1.41. The molecule has 3 aliphatic heterocycles. The van der Waals surface area contributed by atoms with Crippen LogP contribution < -0.4 is 23.7 Å². The van der Waals surface area contributed by atoms with Gasteiger partial charge in [-0.15, -0.1) is 0 Å². The summed E-state index contributed by atoms with van der Waals surface area (Å²) in [6, 6.07) is 16.3. The van der Waals surface area contributed by atoms with Crippen LogP contribution in [0.5, 0.6) is 28.7 Å². The van der Waals surface area contributed by atoms with Gasteiger partial charge in [0, 0.05) is 11.5 Å². The van der Waals surface area contributed by atoms with Crippen LogP contribution in [0.4, 0.5) is 0 Å². The van der Waals surface area contributed by atoms with Gasteiger partial charge in [-0.1, -0.05) is 18.2 Å². The molecule has 0 bridgehead atoms. The summed E-state index contributed by atoms with van der Waals surface area (Å²) in [4.78, 5) is 25.6. The van der Waals surface area contributed by atoms with E-state index in [1.165, 1.54) is 0 Å². The number of carbonyl (C=O) groups is 2. The van der Waals surface area contributed by atoms with E-state index in [1.54, 1.807) is 25.3 Å². The number of allylic oxidation sites excluding steroid dienone is 1. The molecule has 7 heteroatoms. The van der Waals surface area contributed by atoms with Crippen LogP contribution in [0.1, 0.15) is 39.4 Å². The van der Waals surface area contributed by atoms with Gasteiger partial charge in [0.2, 0.25) is 5.78 Å². The molecule has 170 valence electrons. The van der Waals surface area contributed by atoms with E-state index >= 15 is 0 Å². The largest absolute Gasteiger partial charge is 0.497 e. The number of rotatable bonds is 3. The fourth-order valence-electron chi connectivity index (χ4n) is 4.52. The number of fused-ring (bicyclic) bond motifs is 4. The normalized spacial score (nSPS) is 19.2. The molecule has 1 unspecified atom stereocenters. The second kappa shape index (κ2) is 7.95. The van der Waals surface area contributed by atoms with Crippen molar-refractivity contribution in [1.82, 2.24) is 0 Å². The van der Waals surface area contributed by atoms with Crippen LogP contribution in [0.15, 0.2) is 60.4 Å². The zero-order chi connectivity index (χ0) is 23.2. The van der Waals surface area contributed by atoms with Gasteiger partial charge < -0.3 is 23.7 Å². The molecule has 3 aromatic rings. The molecule has 0 radical (unpaired) electrons. The number of ether oxygens (including phenoxy) is 5. The van der Waals surface area contributed by atoms with Crippen LogP contribution in [0.25, 0.3) is 6.08 Å². The van der Waals surface area contributed by atoms with Gasteiger partial charge in [-0.3, -0.25) is 9.59 Å². The third kappa shape index (κ3) is 3.37. The van der Waals surface area contributed by atoms with Crippen LogP contribution in [-0.4, -0.2) is 32.1 Å². The molecule has 3 aromatic carbocycles. The van der Waals surface area contributed by atoms with E-state index in [0.29, 0.717) is 47.3 Å². The van der Waals surface area contributed by atoms with Crippen molar-refractivity contribution in [3.63, 3.8) is 0 Å². The Labute approximate surface area is 195 Å². The first kappa shape index (κ1) is 20.4. The van der Waals surface area contributed by atoms with Crippen LogP contribution >= 0.6 is 0 Å².